The molecule has 7 heteroatoms. The van der Waals surface area contributed by atoms with E-state index >= 15 is 0 Å². The molecular weight excluding hydrogens is 322 g/mol. The van der Waals surface area contributed by atoms with Crippen LogP contribution in [-0.2, 0) is 4.79 Å². The number of benzene rings is 1. The number of rotatable bonds is 1. The minimum absolute atomic E-state index is 0.212. The Morgan fingerprint density at radius 3 is 2.58 bits per heavy atom. The molecule has 0 spiro atoms. The Kier molecular flexibility index (Phi) is 3.84. The molecule has 2 rings (SSSR count). The van der Waals surface area contributed by atoms with Crippen molar-refractivity contribution in [2.45, 2.75) is 13.0 Å². The molecule has 102 valence electrons. The zero-order valence-electron chi connectivity index (χ0n) is 10.0. The normalized spacial score (nSPS) is 19.3. The van der Waals surface area contributed by atoms with Crippen LogP contribution in [0.5, 0.6) is 0 Å². The molecule has 0 radical (unpaired) electrons. The number of carbonyl (C=O) groups excluding carboxylic acids is 2. The number of hydrogen-bond donors (Lipinski definition) is 1. The summed E-state index contributed by atoms with van der Waals surface area (Å²) in [5.41, 5.74) is -0.634. The number of hydrogen-bond acceptors (Lipinski definition) is 2. The average Bonchev–Trinajstić information content (AvgIpc) is 2.31. The third-order valence-corrected chi connectivity index (χ3v) is 3.44. The summed E-state index contributed by atoms with van der Waals surface area (Å²) >= 11 is 2.94. The van der Waals surface area contributed by atoms with Crippen LogP contribution in [0.3, 0.4) is 0 Å². The van der Waals surface area contributed by atoms with Crippen LogP contribution in [0, 0.1) is 11.6 Å². The van der Waals surface area contributed by atoms with Crippen molar-refractivity contribution in [1.29, 1.82) is 0 Å². The number of piperazine rings is 1. The van der Waals surface area contributed by atoms with Crippen LogP contribution in [0.2, 0.25) is 0 Å². The lowest BCUT2D eigenvalue weighted by atomic mass is 10.1. The molecule has 1 aliphatic rings. The first-order valence-corrected chi connectivity index (χ1v) is 6.44. The lowest BCUT2D eigenvalue weighted by Gasteiger charge is -2.33. The Balaban J connectivity index is 2.37. The molecule has 19 heavy (non-hydrogen) atoms. The molecule has 0 saturated carbocycles. The second-order valence-corrected chi connectivity index (χ2v) is 5.13. The van der Waals surface area contributed by atoms with E-state index in [1.165, 1.54) is 6.92 Å². The zero-order valence-corrected chi connectivity index (χ0v) is 11.6. The number of nitrogens with one attached hydrogen (secondary N) is 1. The summed E-state index contributed by atoms with van der Waals surface area (Å²) in [4.78, 5) is 24.8. The number of amides is 2. The molecule has 1 unspecified atom stereocenters. The van der Waals surface area contributed by atoms with Gasteiger partial charge in [-0.3, -0.25) is 9.59 Å². The van der Waals surface area contributed by atoms with Gasteiger partial charge in [0.05, 0.1) is 0 Å². The molecule has 1 aromatic carbocycles. The van der Waals surface area contributed by atoms with Crippen molar-refractivity contribution in [1.82, 2.24) is 10.2 Å². The van der Waals surface area contributed by atoms with Crippen LogP contribution in [0.1, 0.15) is 17.3 Å². The zero-order chi connectivity index (χ0) is 14.2. The summed E-state index contributed by atoms with van der Waals surface area (Å²) in [6, 6.07) is 1.29. The van der Waals surface area contributed by atoms with E-state index in [0.29, 0.717) is 0 Å². The van der Waals surface area contributed by atoms with E-state index in [1.807, 2.05) is 0 Å². The van der Waals surface area contributed by atoms with Gasteiger partial charge in [0.1, 0.15) is 23.2 Å². The molecular formula is C12H11BrF2N2O2. The third kappa shape index (κ3) is 2.60. The van der Waals surface area contributed by atoms with Gasteiger partial charge in [-0.05, 0) is 19.1 Å². The molecule has 1 saturated heterocycles. The van der Waals surface area contributed by atoms with Gasteiger partial charge in [-0.1, -0.05) is 15.9 Å². The highest BCUT2D eigenvalue weighted by Crippen LogP contribution is 2.22. The van der Waals surface area contributed by atoms with E-state index in [9.17, 15) is 18.4 Å². The van der Waals surface area contributed by atoms with Gasteiger partial charge in [0.15, 0.2) is 0 Å². The fourth-order valence-corrected chi connectivity index (χ4v) is 2.35. The quantitative estimate of drug-likeness (QED) is 0.850. The van der Waals surface area contributed by atoms with Gasteiger partial charge >= 0.3 is 0 Å². The molecule has 4 nitrogen and oxygen atoms in total. The summed E-state index contributed by atoms with van der Waals surface area (Å²) in [5, 5.41) is 2.58. The van der Waals surface area contributed by atoms with Crippen molar-refractivity contribution in [3.63, 3.8) is 0 Å². The van der Waals surface area contributed by atoms with Gasteiger partial charge in [-0.25, -0.2) is 8.78 Å². The van der Waals surface area contributed by atoms with Crippen molar-refractivity contribution in [3.05, 3.63) is 33.8 Å². The Labute approximate surface area is 116 Å². The van der Waals surface area contributed by atoms with Crippen LogP contribution in [0.15, 0.2) is 16.6 Å². The number of halogens is 3. The maximum absolute atomic E-state index is 13.7. The Morgan fingerprint density at radius 1 is 1.42 bits per heavy atom. The van der Waals surface area contributed by atoms with Crippen LogP contribution in [0.25, 0.3) is 0 Å². The van der Waals surface area contributed by atoms with E-state index in [0.717, 1.165) is 17.0 Å². The minimum Gasteiger partial charge on any atom is -0.353 e. The topological polar surface area (TPSA) is 49.4 Å². The molecule has 1 heterocycles. The van der Waals surface area contributed by atoms with Crippen molar-refractivity contribution >= 4 is 27.7 Å². The van der Waals surface area contributed by atoms with Crippen molar-refractivity contribution in [2.75, 3.05) is 13.1 Å². The average molecular weight is 333 g/mol. The minimum atomic E-state index is -0.949. The monoisotopic (exact) mass is 332 g/mol. The van der Waals surface area contributed by atoms with Crippen molar-refractivity contribution < 1.29 is 18.4 Å². The van der Waals surface area contributed by atoms with E-state index in [-0.39, 0.29) is 23.5 Å². The van der Waals surface area contributed by atoms with Crippen LogP contribution in [0.4, 0.5) is 8.78 Å². The highest BCUT2D eigenvalue weighted by atomic mass is 79.9. The summed E-state index contributed by atoms with van der Waals surface area (Å²) in [5.74, 6) is -3.05. The second-order valence-electron chi connectivity index (χ2n) is 4.21. The predicted molar refractivity (Wildman–Crippen MR) is 67.6 cm³/mol. The van der Waals surface area contributed by atoms with Gasteiger partial charge in [-0.2, -0.15) is 0 Å². The van der Waals surface area contributed by atoms with Gasteiger partial charge in [0.2, 0.25) is 5.91 Å². The number of nitrogens with zero attached hydrogens (tertiary/aromatic N) is 1. The third-order valence-electron chi connectivity index (χ3n) is 2.98. The summed E-state index contributed by atoms with van der Waals surface area (Å²) in [6.45, 7) is 2.01. The molecule has 0 aromatic heterocycles. The Morgan fingerprint density at radius 2 is 2.00 bits per heavy atom. The first-order chi connectivity index (χ1) is 8.91. The first kappa shape index (κ1) is 13.9. The second kappa shape index (κ2) is 5.24. The highest BCUT2D eigenvalue weighted by molar-refractivity contribution is 9.10. The van der Waals surface area contributed by atoms with Crippen LogP contribution < -0.4 is 5.32 Å². The highest BCUT2D eigenvalue weighted by Gasteiger charge is 2.32. The fourth-order valence-electron chi connectivity index (χ4n) is 1.95. The van der Waals surface area contributed by atoms with Crippen molar-refractivity contribution in [2.24, 2.45) is 0 Å². The molecule has 2 amide bonds. The van der Waals surface area contributed by atoms with E-state index in [4.69, 9.17) is 0 Å². The lowest BCUT2D eigenvalue weighted by molar-refractivity contribution is -0.127. The van der Waals surface area contributed by atoms with E-state index in [2.05, 4.69) is 21.2 Å². The van der Waals surface area contributed by atoms with Gasteiger partial charge in [0.25, 0.3) is 5.91 Å². The molecule has 1 N–H and O–H groups in total. The van der Waals surface area contributed by atoms with Gasteiger partial charge in [0, 0.05) is 17.6 Å². The molecule has 0 aliphatic carbocycles. The van der Waals surface area contributed by atoms with Crippen LogP contribution in [-0.4, -0.2) is 35.8 Å². The summed E-state index contributed by atoms with van der Waals surface area (Å²) in [6.07, 6.45) is 0. The number of carbonyl (C=O) groups is 2. The maximum Gasteiger partial charge on any atom is 0.260 e. The van der Waals surface area contributed by atoms with Crippen molar-refractivity contribution in [3.8, 4) is 0 Å². The molecule has 1 atom stereocenters. The SMILES string of the molecule is CC1C(=O)NCCN1C(=O)c1c(F)cc(Br)cc1F. The van der Waals surface area contributed by atoms with E-state index < -0.39 is 29.1 Å². The van der Waals surface area contributed by atoms with E-state index in [1.54, 1.807) is 0 Å². The summed E-state index contributed by atoms with van der Waals surface area (Å²) in [7, 11) is 0. The molecule has 1 fully saturated rings. The smallest absolute Gasteiger partial charge is 0.260 e. The van der Waals surface area contributed by atoms with Gasteiger partial charge < -0.3 is 10.2 Å². The predicted octanol–water partition coefficient (Wildman–Crippen LogP) is 1.69. The summed E-state index contributed by atoms with van der Waals surface area (Å²) < 4.78 is 27.7. The molecule has 1 aliphatic heterocycles. The maximum atomic E-state index is 13.7. The largest absolute Gasteiger partial charge is 0.353 e. The lowest BCUT2D eigenvalue weighted by Crippen LogP contribution is -2.56. The Hall–Kier alpha value is -1.50. The molecule has 1 aromatic rings. The fraction of sp³-hybridized carbons (Fsp3) is 0.333. The standard InChI is InChI=1S/C12H11BrF2N2O2/c1-6-11(18)16-2-3-17(6)12(19)10-8(14)4-7(13)5-9(10)15/h4-6H,2-3H2,1H3,(H,16,18). The first-order valence-electron chi connectivity index (χ1n) is 5.65. The Bertz CT molecular complexity index is 528. The van der Waals surface area contributed by atoms with Gasteiger partial charge in [-0.15, -0.1) is 0 Å². The van der Waals surface area contributed by atoms with Crippen LogP contribution >= 0.6 is 15.9 Å². The molecule has 0 bridgehead atoms.